The molecule has 5 heteroatoms. The Morgan fingerprint density at radius 1 is 1.40 bits per heavy atom. The fourth-order valence-corrected chi connectivity index (χ4v) is 2.63. The van der Waals surface area contributed by atoms with E-state index in [0.29, 0.717) is 18.0 Å². The van der Waals surface area contributed by atoms with E-state index in [0.717, 1.165) is 22.6 Å². The zero-order chi connectivity index (χ0) is 14.1. The van der Waals surface area contributed by atoms with E-state index < -0.39 is 0 Å². The van der Waals surface area contributed by atoms with E-state index in [9.17, 15) is 4.79 Å². The van der Waals surface area contributed by atoms with Gasteiger partial charge in [-0.2, -0.15) is 0 Å². The van der Waals surface area contributed by atoms with Crippen molar-refractivity contribution in [2.45, 2.75) is 13.0 Å². The molecule has 4 nitrogen and oxygen atoms in total. The van der Waals surface area contributed by atoms with Gasteiger partial charge in [-0.1, -0.05) is 23.7 Å². The SMILES string of the molecule is CNc1ncccc1CN1C(=O)Cc2ccc(Cl)cc21. The summed E-state index contributed by atoms with van der Waals surface area (Å²) in [6, 6.07) is 9.42. The third-order valence-corrected chi connectivity index (χ3v) is 3.67. The van der Waals surface area contributed by atoms with E-state index in [1.54, 1.807) is 11.1 Å². The van der Waals surface area contributed by atoms with Crippen molar-refractivity contribution in [3.63, 3.8) is 0 Å². The minimum absolute atomic E-state index is 0.0909. The van der Waals surface area contributed by atoms with Crippen molar-refractivity contribution in [1.29, 1.82) is 0 Å². The molecular formula is C15H14ClN3O. The first-order valence-electron chi connectivity index (χ1n) is 6.39. The molecule has 102 valence electrons. The molecule has 1 aromatic heterocycles. The predicted octanol–water partition coefficient (Wildman–Crippen LogP) is 2.87. The van der Waals surface area contributed by atoms with Crippen molar-refractivity contribution >= 4 is 29.0 Å². The number of rotatable bonds is 3. The van der Waals surface area contributed by atoms with Crippen molar-refractivity contribution in [2.75, 3.05) is 17.3 Å². The Morgan fingerprint density at radius 3 is 3.05 bits per heavy atom. The summed E-state index contributed by atoms with van der Waals surface area (Å²) >= 11 is 6.04. The summed E-state index contributed by atoms with van der Waals surface area (Å²) in [5.74, 6) is 0.879. The molecule has 0 spiro atoms. The zero-order valence-electron chi connectivity index (χ0n) is 11.1. The average Bonchev–Trinajstić information content (AvgIpc) is 2.76. The lowest BCUT2D eigenvalue weighted by Gasteiger charge is -2.19. The minimum atomic E-state index is 0.0909. The topological polar surface area (TPSA) is 45.2 Å². The van der Waals surface area contributed by atoms with Crippen LogP contribution in [-0.4, -0.2) is 17.9 Å². The number of amides is 1. The van der Waals surface area contributed by atoms with Gasteiger partial charge in [0.15, 0.2) is 0 Å². The van der Waals surface area contributed by atoms with Gasteiger partial charge < -0.3 is 10.2 Å². The fraction of sp³-hybridized carbons (Fsp3) is 0.200. The molecule has 0 unspecified atom stereocenters. The van der Waals surface area contributed by atoms with Crippen LogP contribution in [0.1, 0.15) is 11.1 Å². The highest BCUT2D eigenvalue weighted by Gasteiger charge is 2.27. The quantitative estimate of drug-likeness (QED) is 0.944. The standard InChI is InChI=1S/C15H14ClN3O/c1-17-15-11(3-2-6-18-15)9-19-13-8-12(16)5-4-10(13)7-14(19)20/h2-6,8H,7,9H2,1H3,(H,17,18). The second-order valence-corrected chi connectivity index (χ2v) is 5.13. The Labute approximate surface area is 122 Å². The normalized spacial score (nSPS) is 13.5. The third-order valence-electron chi connectivity index (χ3n) is 3.44. The van der Waals surface area contributed by atoms with Crippen LogP contribution in [0.4, 0.5) is 11.5 Å². The number of nitrogens with one attached hydrogen (secondary N) is 1. The zero-order valence-corrected chi connectivity index (χ0v) is 11.8. The lowest BCUT2D eigenvalue weighted by Crippen LogP contribution is -2.26. The number of benzene rings is 1. The summed E-state index contributed by atoms with van der Waals surface area (Å²) in [6.45, 7) is 0.496. The number of hydrogen-bond acceptors (Lipinski definition) is 3. The molecule has 0 aliphatic carbocycles. The Bertz CT molecular complexity index is 672. The molecule has 0 saturated heterocycles. The molecular weight excluding hydrogens is 274 g/mol. The number of carbonyl (C=O) groups is 1. The van der Waals surface area contributed by atoms with Crippen molar-refractivity contribution in [3.05, 3.63) is 52.7 Å². The molecule has 20 heavy (non-hydrogen) atoms. The van der Waals surface area contributed by atoms with Crippen LogP contribution in [0.25, 0.3) is 0 Å². The van der Waals surface area contributed by atoms with Crippen LogP contribution >= 0.6 is 11.6 Å². The van der Waals surface area contributed by atoms with Gasteiger partial charge in [0.25, 0.3) is 0 Å². The summed E-state index contributed by atoms with van der Waals surface area (Å²) in [6.07, 6.45) is 2.16. The highest BCUT2D eigenvalue weighted by molar-refractivity contribution is 6.31. The van der Waals surface area contributed by atoms with E-state index in [1.165, 1.54) is 0 Å². The molecule has 1 aromatic carbocycles. The molecule has 2 aromatic rings. The minimum Gasteiger partial charge on any atom is -0.373 e. The number of fused-ring (bicyclic) bond motifs is 1. The largest absolute Gasteiger partial charge is 0.373 e. The Hall–Kier alpha value is -2.07. The van der Waals surface area contributed by atoms with Crippen molar-refractivity contribution in [2.24, 2.45) is 0 Å². The van der Waals surface area contributed by atoms with E-state index in [1.807, 2.05) is 37.4 Å². The molecule has 3 rings (SSSR count). The summed E-state index contributed by atoms with van der Waals surface area (Å²) in [7, 11) is 1.82. The van der Waals surface area contributed by atoms with Gasteiger partial charge in [0.2, 0.25) is 5.91 Å². The van der Waals surface area contributed by atoms with E-state index in [4.69, 9.17) is 11.6 Å². The van der Waals surface area contributed by atoms with Crippen molar-refractivity contribution in [1.82, 2.24) is 4.98 Å². The molecule has 0 radical (unpaired) electrons. The van der Waals surface area contributed by atoms with E-state index >= 15 is 0 Å². The maximum Gasteiger partial charge on any atom is 0.231 e. The number of carbonyl (C=O) groups excluding carboxylic acids is 1. The van der Waals surface area contributed by atoms with Crippen LogP contribution in [0.5, 0.6) is 0 Å². The van der Waals surface area contributed by atoms with Crippen LogP contribution < -0.4 is 10.2 Å². The Kier molecular flexibility index (Phi) is 3.32. The van der Waals surface area contributed by atoms with Gasteiger partial charge >= 0.3 is 0 Å². The Balaban J connectivity index is 1.96. The summed E-state index contributed by atoms with van der Waals surface area (Å²) in [4.78, 5) is 18.2. The molecule has 0 fully saturated rings. The van der Waals surface area contributed by atoms with Gasteiger partial charge in [0.05, 0.1) is 13.0 Å². The van der Waals surface area contributed by atoms with E-state index in [2.05, 4.69) is 10.3 Å². The van der Waals surface area contributed by atoms with Crippen LogP contribution in [0.3, 0.4) is 0 Å². The number of pyridine rings is 1. The van der Waals surface area contributed by atoms with Gasteiger partial charge in [-0.05, 0) is 23.8 Å². The highest BCUT2D eigenvalue weighted by Crippen LogP contribution is 2.33. The smallest absolute Gasteiger partial charge is 0.231 e. The number of anilines is 2. The third kappa shape index (κ3) is 2.23. The van der Waals surface area contributed by atoms with Gasteiger partial charge in [0, 0.05) is 29.5 Å². The molecule has 0 saturated carbocycles. The van der Waals surface area contributed by atoms with Crippen LogP contribution in [0.15, 0.2) is 36.5 Å². The van der Waals surface area contributed by atoms with Crippen LogP contribution in [0.2, 0.25) is 5.02 Å². The second-order valence-electron chi connectivity index (χ2n) is 4.69. The first-order chi connectivity index (χ1) is 9.69. The molecule has 2 heterocycles. The monoisotopic (exact) mass is 287 g/mol. The maximum atomic E-state index is 12.2. The lowest BCUT2D eigenvalue weighted by atomic mass is 10.1. The van der Waals surface area contributed by atoms with Crippen molar-refractivity contribution in [3.8, 4) is 0 Å². The van der Waals surface area contributed by atoms with Gasteiger partial charge in [-0.25, -0.2) is 4.98 Å². The van der Waals surface area contributed by atoms with E-state index in [-0.39, 0.29) is 5.91 Å². The summed E-state index contributed by atoms with van der Waals surface area (Å²) in [5, 5.41) is 3.69. The van der Waals surface area contributed by atoms with Gasteiger partial charge in [-0.15, -0.1) is 0 Å². The summed E-state index contributed by atoms with van der Waals surface area (Å²) < 4.78 is 0. The van der Waals surface area contributed by atoms with Gasteiger partial charge in [-0.3, -0.25) is 4.79 Å². The fourth-order valence-electron chi connectivity index (χ4n) is 2.47. The molecule has 1 aliphatic rings. The summed E-state index contributed by atoms with van der Waals surface area (Å²) in [5.41, 5.74) is 2.90. The first kappa shape index (κ1) is 12.9. The highest BCUT2D eigenvalue weighted by atomic mass is 35.5. The molecule has 1 aliphatic heterocycles. The number of aromatic nitrogens is 1. The number of nitrogens with zero attached hydrogens (tertiary/aromatic N) is 2. The maximum absolute atomic E-state index is 12.2. The average molecular weight is 288 g/mol. The van der Waals surface area contributed by atoms with Crippen LogP contribution in [-0.2, 0) is 17.8 Å². The second kappa shape index (κ2) is 5.13. The van der Waals surface area contributed by atoms with Gasteiger partial charge in [0.1, 0.15) is 5.82 Å². The first-order valence-corrected chi connectivity index (χ1v) is 6.77. The Morgan fingerprint density at radius 2 is 2.25 bits per heavy atom. The van der Waals surface area contributed by atoms with Crippen molar-refractivity contribution < 1.29 is 4.79 Å². The number of hydrogen-bond donors (Lipinski definition) is 1. The van der Waals surface area contributed by atoms with Crippen LogP contribution in [0, 0.1) is 0 Å². The molecule has 1 N–H and O–H groups in total. The lowest BCUT2D eigenvalue weighted by molar-refractivity contribution is -0.117. The molecule has 0 bridgehead atoms. The predicted molar refractivity (Wildman–Crippen MR) is 80.1 cm³/mol. The number of halogens is 1. The molecule has 0 atom stereocenters. The molecule has 1 amide bonds.